The summed E-state index contributed by atoms with van der Waals surface area (Å²) in [5.41, 5.74) is 6.67. The van der Waals surface area contributed by atoms with Gasteiger partial charge >= 0.3 is 0 Å². The normalized spacial score (nSPS) is 11.7. The lowest BCUT2D eigenvalue weighted by Gasteiger charge is -2.18. The molecule has 4 N–H and O–H groups in total. The molecule has 4 aromatic rings. The van der Waals surface area contributed by atoms with Crippen molar-refractivity contribution in [3.05, 3.63) is 80.8 Å². The molecule has 3 amide bonds. The molecule has 3 aromatic heterocycles. The highest BCUT2D eigenvalue weighted by Crippen LogP contribution is 2.19. The van der Waals surface area contributed by atoms with Crippen molar-refractivity contribution in [2.24, 2.45) is 0 Å². The van der Waals surface area contributed by atoms with E-state index in [4.69, 9.17) is 0 Å². The highest BCUT2D eigenvalue weighted by molar-refractivity contribution is 7.12. The second-order valence-electron chi connectivity index (χ2n) is 6.49. The molecule has 0 aliphatic rings. The lowest BCUT2D eigenvalue weighted by molar-refractivity contribution is -0.123. The van der Waals surface area contributed by atoms with E-state index in [0.717, 1.165) is 16.5 Å². The van der Waals surface area contributed by atoms with Crippen molar-refractivity contribution in [2.75, 3.05) is 0 Å². The molecule has 1 aromatic carbocycles. The maximum atomic E-state index is 12.8. The Kier molecular flexibility index (Phi) is 5.92. The molecule has 7 nitrogen and oxygen atoms in total. The van der Waals surface area contributed by atoms with Gasteiger partial charge in [-0.2, -0.15) is 0 Å². The van der Waals surface area contributed by atoms with E-state index in [0.29, 0.717) is 9.75 Å². The lowest BCUT2D eigenvalue weighted by atomic mass is 10.0. The van der Waals surface area contributed by atoms with Gasteiger partial charge in [0.2, 0.25) is 0 Å². The van der Waals surface area contributed by atoms with Crippen LogP contribution >= 0.6 is 22.7 Å². The van der Waals surface area contributed by atoms with Crippen LogP contribution in [-0.2, 0) is 11.2 Å². The molecule has 0 saturated heterocycles. The monoisotopic (exact) mass is 438 g/mol. The van der Waals surface area contributed by atoms with Gasteiger partial charge in [0.1, 0.15) is 6.04 Å². The minimum Gasteiger partial charge on any atom is -0.361 e. The van der Waals surface area contributed by atoms with Gasteiger partial charge in [-0.1, -0.05) is 30.3 Å². The summed E-state index contributed by atoms with van der Waals surface area (Å²) >= 11 is 2.56. The average molecular weight is 439 g/mol. The number of nitrogens with one attached hydrogen (secondary N) is 4. The van der Waals surface area contributed by atoms with Gasteiger partial charge in [-0.05, 0) is 34.5 Å². The number of carbonyl (C=O) groups is 3. The van der Waals surface area contributed by atoms with Crippen molar-refractivity contribution in [1.29, 1.82) is 0 Å². The molecule has 0 fully saturated rings. The summed E-state index contributed by atoms with van der Waals surface area (Å²) in [6.45, 7) is 0. The van der Waals surface area contributed by atoms with Gasteiger partial charge in [-0.3, -0.25) is 25.2 Å². The first-order valence-electron chi connectivity index (χ1n) is 9.15. The quantitative estimate of drug-likeness (QED) is 0.348. The Bertz CT molecular complexity index is 1170. The molecule has 0 aliphatic carbocycles. The molecule has 1 atom stereocenters. The fourth-order valence-electron chi connectivity index (χ4n) is 3.04. The standard InChI is InChI=1S/C21H18N4O3S2/c26-19(24-25-21(28)18-8-4-10-30-18)16(23-20(27)17-7-3-9-29-17)11-13-12-22-15-6-2-1-5-14(13)15/h1-10,12,16,22H,11H2,(H,23,27)(H,24,26)(H,25,28). The van der Waals surface area contributed by atoms with Gasteiger partial charge in [-0.15, -0.1) is 22.7 Å². The summed E-state index contributed by atoms with van der Waals surface area (Å²) in [4.78, 5) is 41.7. The van der Waals surface area contributed by atoms with Crippen LogP contribution in [0.5, 0.6) is 0 Å². The van der Waals surface area contributed by atoms with Gasteiger partial charge in [0.15, 0.2) is 0 Å². The van der Waals surface area contributed by atoms with E-state index in [9.17, 15) is 14.4 Å². The molecular weight excluding hydrogens is 420 g/mol. The van der Waals surface area contributed by atoms with E-state index >= 15 is 0 Å². The van der Waals surface area contributed by atoms with E-state index in [-0.39, 0.29) is 12.3 Å². The third-order valence-electron chi connectivity index (χ3n) is 4.51. The first kappa shape index (κ1) is 19.9. The number of hydrazine groups is 1. The molecule has 9 heteroatoms. The van der Waals surface area contributed by atoms with Gasteiger partial charge in [0, 0.05) is 23.5 Å². The van der Waals surface area contributed by atoms with E-state index in [2.05, 4.69) is 21.2 Å². The zero-order valence-electron chi connectivity index (χ0n) is 15.7. The Morgan fingerprint density at radius 1 is 0.867 bits per heavy atom. The molecular formula is C21H18N4O3S2. The maximum Gasteiger partial charge on any atom is 0.279 e. The van der Waals surface area contributed by atoms with Crippen LogP contribution in [0.3, 0.4) is 0 Å². The first-order valence-corrected chi connectivity index (χ1v) is 10.9. The molecule has 1 unspecified atom stereocenters. The van der Waals surface area contributed by atoms with Crippen molar-refractivity contribution < 1.29 is 14.4 Å². The van der Waals surface area contributed by atoms with Crippen LogP contribution in [-0.4, -0.2) is 28.7 Å². The van der Waals surface area contributed by atoms with Crippen LogP contribution in [0.4, 0.5) is 0 Å². The van der Waals surface area contributed by atoms with Crippen molar-refractivity contribution in [1.82, 2.24) is 21.2 Å². The van der Waals surface area contributed by atoms with Crippen LogP contribution in [0.1, 0.15) is 24.9 Å². The highest BCUT2D eigenvalue weighted by Gasteiger charge is 2.24. The molecule has 4 rings (SSSR count). The number of para-hydroxylation sites is 1. The molecule has 152 valence electrons. The van der Waals surface area contributed by atoms with Crippen molar-refractivity contribution in [3.8, 4) is 0 Å². The van der Waals surface area contributed by atoms with E-state index in [1.54, 1.807) is 35.0 Å². The van der Waals surface area contributed by atoms with Crippen LogP contribution in [0, 0.1) is 0 Å². The molecule has 0 spiro atoms. The van der Waals surface area contributed by atoms with E-state index < -0.39 is 17.9 Å². The maximum absolute atomic E-state index is 12.8. The zero-order valence-corrected chi connectivity index (χ0v) is 17.3. The Balaban J connectivity index is 1.50. The summed E-state index contributed by atoms with van der Waals surface area (Å²) in [6.07, 6.45) is 2.09. The van der Waals surface area contributed by atoms with Gasteiger partial charge < -0.3 is 10.3 Å². The number of carbonyl (C=O) groups excluding carboxylic acids is 3. The van der Waals surface area contributed by atoms with Gasteiger partial charge in [0.05, 0.1) is 9.75 Å². The largest absolute Gasteiger partial charge is 0.361 e. The zero-order chi connectivity index (χ0) is 20.9. The average Bonchev–Trinajstić information content (AvgIpc) is 3.53. The smallest absolute Gasteiger partial charge is 0.279 e. The number of benzene rings is 1. The molecule has 0 bridgehead atoms. The Hall–Kier alpha value is -3.43. The minimum absolute atomic E-state index is 0.266. The van der Waals surface area contributed by atoms with Crippen molar-refractivity contribution >= 4 is 51.3 Å². The number of fused-ring (bicyclic) bond motifs is 1. The summed E-state index contributed by atoms with van der Waals surface area (Å²) in [6, 6.07) is 13.7. The third-order valence-corrected chi connectivity index (χ3v) is 6.25. The number of aromatic amines is 1. The van der Waals surface area contributed by atoms with Crippen molar-refractivity contribution in [3.63, 3.8) is 0 Å². The summed E-state index contributed by atoms with van der Waals surface area (Å²) in [5, 5.41) is 7.32. The Morgan fingerprint density at radius 3 is 2.27 bits per heavy atom. The third kappa shape index (κ3) is 4.42. The number of hydrogen-bond acceptors (Lipinski definition) is 5. The number of thiophene rings is 2. The molecule has 30 heavy (non-hydrogen) atoms. The Labute approximate surface area is 180 Å². The number of aromatic nitrogens is 1. The molecule has 0 saturated carbocycles. The topological polar surface area (TPSA) is 103 Å². The van der Waals surface area contributed by atoms with Crippen LogP contribution in [0.2, 0.25) is 0 Å². The van der Waals surface area contributed by atoms with Crippen LogP contribution in [0.15, 0.2) is 65.5 Å². The lowest BCUT2D eigenvalue weighted by Crippen LogP contribution is -2.53. The number of H-pyrrole nitrogens is 1. The van der Waals surface area contributed by atoms with Crippen LogP contribution < -0.4 is 16.2 Å². The van der Waals surface area contributed by atoms with Crippen molar-refractivity contribution in [2.45, 2.75) is 12.5 Å². The van der Waals surface area contributed by atoms with Crippen LogP contribution in [0.25, 0.3) is 10.9 Å². The predicted octanol–water partition coefficient (Wildman–Crippen LogP) is 3.09. The summed E-state index contributed by atoms with van der Waals surface area (Å²) in [7, 11) is 0. The molecule has 3 heterocycles. The summed E-state index contributed by atoms with van der Waals surface area (Å²) in [5.74, 6) is -1.25. The SMILES string of the molecule is O=C(NNC(=O)C(Cc1c[nH]c2ccccc12)NC(=O)c1cccs1)c1cccs1. The Morgan fingerprint density at radius 2 is 1.57 bits per heavy atom. The van der Waals surface area contributed by atoms with E-state index in [1.165, 1.54) is 22.7 Å². The second kappa shape index (κ2) is 8.93. The fraction of sp³-hybridized carbons (Fsp3) is 0.0952. The predicted molar refractivity (Wildman–Crippen MR) is 118 cm³/mol. The van der Waals surface area contributed by atoms with E-state index in [1.807, 2.05) is 30.5 Å². The number of rotatable bonds is 6. The summed E-state index contributed by atoms with van der Waals surface area (Å²) < 4.78 is 0. The number of hydrogen-bond donors (Lipinski definition) is 4. The molecule has 0 radical (unpaired) electrons. The minimum atomic E-state index is -0.873. The highest BCUT2D eigenvalue weighted by atomic mass is 32.1. The second-order valence-corrected chi connectivity index (χ2v) is 8.38. The van der Waals surface area contributed by atoms with Gasteiger partial charge in [0.25, 0.3) is 17.7 Å². The fourth-order valence-corrected chi connectivity index (χ4v) is 4.29. The number of amides is 3. The molecule has 0 aliphatic heterocycles. The van der Waals surface area contributed by atoms with Gasteiger partial charge in [-0.25, -0.2) is 0 Å². The first-order chi connectivity index (χ1) is 14.6.